The first-order chi connectivity index (χ1) is 9.67. The Morgan fingerprint density at radius 1 is 1.40 bits per heavy atom. The number of hydrogen-bond acceptors (Lipinski definition) is 4. The molecule has 0 aliphatic carbocycles. The topological polar surface area (TPSA) is 51.4 Å². The molecule has 1 fully saturated rings. The highest BCUT2D eigenvalue weighted by molar-refractivity contribution is 5.82. The molecule has 1 aromatic heterocycles. The van der Waals surface area contributed by atoms with Crippen molar-refractivity contribution < 1.29 is 4.74 Å². The number of methoxy groups -OCH3 is 1. The minimum atomic E-state index is 0.629. The van der Waals surface area contributed by atoms with E-state index in [4.69, 9.17) is 10.5 Å². The van der Waals surface area contributed by atoms with E-state index in [-0.39, 0.29) is 0 Å². The summed E-state index contributed by atoms with van der Waals surface area (Å²) in [4.78, 5) is 7.00. The summed E-state index contributed by atoms with van der Waals surface area (Å²) in [5.74, 6) is 1.44. The minimum absolute atomic E-state index is 0.629. The van der Waals surface area contributed by atoms with E-state index < -0.39 is 0 Å². The molecule has 1 atom stereocenters. The van der Waals surface area contributed by atoms with E-state index in [2.05, 4.69) is 22.9 Å². The van der Waals surface area contributed by atoms with Crippen LogP contribution in [0.3, 0.4) is 0 Å². The van der Waals surface area contributed by atoms with E-state index in [0.29, 0.717) is 11.9 Å². The molecule has 3 rings (SSSR count). The van der Waals surface area contributed by atoms with Gasteiger partial charge in [-0.15, -0.1) is 0 Å². The summed E-state index contributed by atoms with van der Waals surface area (Å²) in [6.07, 6.45) is 2.55. The molecule has 1 aliphatic rings. The zero-order chi connectivity index (χ0) is 14.1. The van der Waals surface area contributed by atoms with Gasteiger partial charge in [-0.25, -0.2) is 4.98 Å². The fraction of sp³-hybridized carbons (Fsp3) is 0.438. The van der Waals surface area contributed by atoms with E-state index in [9.17, 15) is 0 Å². The molecule has 1 aromatic carbocycles. The lowest BCUT2D eigenvalue weighted by Crippen LogP contribution is -2.26. The first-order valence-corrected chi connectivity index (χ1v) is 7.14. The van der Waals surface area contributed by atoms with Crippen LogP contribution in [0.15, 0.2) is 24.3 Å². The van der Waals surface area contributed by atoms with Gasteiger partial charge < -0.3 is 10.5 Å². The van der Waals surface area contributed by atoms with Crippen molar-refractivity contribution in [3.8, 4) is 5.75 Å². The third-order valence-electron chi connectivity index (χ3n) is 4.20. The number of nitrogens with zero attached hydrogens (tertiary/aromatic N) is 2. The molecular formula is C16H21N3O. The first-order valence-electron chi connectivity index (χ1n) is 7.14. The maximum atomic E-state index is 6.12. The lowest BCUT2D eigenvalue weighted by molar-refractivity contribution is 0.261. The number of nitrogen functional groups attached to an aromatic ring is 1. The first kappa shape index (κ1) is 13.2. The number of rotatable bonds is 3. The van der Waals surface area contributed by atoms with Crippen LogP contribution in [0, 0.1) is 0 Å². The Morgan fingerprint density at radius 3 is 2.95 bits per heavy atom. The molecule has 0 bridgehead atoms. The summed E-state index contributed by atoms with van der Waals surface area (Å²) < 4.78 is 5.23. The third-order valence-corrected chi connectivity index (χ3v) is 4.20. The molecule has 0 saturated carbocycles. The molecule has 0 amide bonds. The predicted octanol–water partition coefficient (Wildman–Crippen LogP) is 2.81. The number of pyridine rings is 1. The summed E-state index contributed by atoms with van der Waals surface area (Å²) in [5, 5.41) is 1.11. The van der Waals surface area contributed by atoms with Gasteiger partial charge in [0.15, 0.2) is 0 Å². The van der Waals surface area contributed by atoms with Crippen LogP contribution >= 0.6 is 0 Å². The van der Waals surface area contributed by atoms with Crippen LogP contribution in [0.2, 0.25) is 0 Å². The van der Waals surface area contributed by atoms with Crippen LogP contribution in [-0.2, 0) is 6.54 Å². The zero-order valence-corrected chi connectivity index (χ0v) is 12.1. The Labute approximate surface area is 119 Å². The highest BCUT2D eigenvalue weighted by Gasteiger charge is 2.21. The lowest BCUT2D eigenvalue weighted by atomic mass is 10.1. The number of fused-ring (bicyclic) bond motifs is 1. The number of nitrogens with two attached hydrogens (primary N) is 1. The maximum absolute atomic E-state index is 6.12. The Balaban J connectivity index is 1.93. The predicted molar refractivity (Wildman–Crippen MR) is 81.8 cm³/mol. The molecule has 4 nitrogen and oxygen atoms in total. The average molecular weight is 271 g/mol. The van der Waals surface area contributed by atoms with E-state index in [1.807, 2.05) is 18.2 Å². The summed E-state index contributed by atoms with van der Waals surface area (Å²) in [6, 6.07) is 8.72. The van der Waals surface area contributed by atoms with Gasteiger partial charge in [-0.3, -0.25) is 4.90 Å². The number of ether oxygens (including phenoxy) is 1. The van der Waals surface area contributed by atoms with Crippen LogP contribution in [-0.4, -0.2) is 29.6 Å². The zero-order valence-electron chi connectivity index (χ0n) is 12.1. The van der Waals surface area contributed by atoms with Gasteiger partial charge in [0, 0.05) is 29.6 Å². The smallest absolute Gasteiger partial charge is 0.128 e. The van der Waals surface area contributed by atoms with Crippen molar-refractivity contribution in [2.75, 3.05) is 19.4 Å². The van der Waals surface area contributed by atoms with Crippen molar-refractivity contribution in [2.45, 2.75) is 32.4 Å². The van der Waals surface area contributed by atoms with E-state index >= 15 is 0 Å². The van der Waals surface area contributed by atoms with Crippen LogP contribution < -0.4 is 10.5 Å². The number of aromatic nitrogens is 1. The molecule has 106 valence electrons. The monoisotopic (exact) mass is 271 g/mol. The summed E-state index contributed by atoms with van der Waals surface area (Å²) in [5.41, 5.74) is 8.13. The van der Waals surface area contributed by atoms with Gasteiger partial charge in [0.25, 0.3) is 0 Å². The van der Waals surface area contributed by atoms with Crippen molar-refractivity contribution in [3.63, 3.8) is 0 Å². The van der Waals surface area contributed by atoms with Crippen molar-refractivity contribution in [1.82, 2.24) is 9.88 Å². The van der Waals surface area contributed by atoms with Gasteiger partial charge in [-0.05, 0) is 44.5 Å². The van der Waals surface area contributed by atoms with Crippen LogP contribution in [0.4, 0.5) is 5.82 Å². The molecule has 2 aromatic rings. The molecule has 0 radical (unpaired) electrons. The Morgan fingerprint density at radius 2 is 2.25 bits per heavy atom. The molecule has 2 N–H and O–H groups in total. The van der Waals surface area contributed by atoms with Crippen LogP contribution in [0.5, 0.6) is 5.75 Å². The molecule has 4 heteroatoms. The number of hydrogen-bond donors (Lipinski definition) is 1. The number of benzene rings is 1. The second kappa shape index (κ2) is 5.29. The lowest BCUT2D eigenvalue weighted by Gasteiger charge is -2.21. The van der Waals surface area contributed by atoms with Crippen molar-refractivity contribution in [2.24, 2.45) is 0 Å². The van der Waals surface area contributed by atoms with E-state index in [1.54, 1.807) is 7.11 Å². The van der Waals surface area contributed by atoms with Crippen LogP contribution in [0.25, 0.3) is 10.9 Å². The van der Waals surface area contributed by atoms with Gasteiger partial charge in [0.1, 0.15) is 11.6 Å². The Bertz CT molecular complexity index is 626. The maximum Gasteiger partial charge on any atom is 0.128 e. The Kier molecular flexibility index (Phi) is 3.49. The van der Waals surface area contributed by atoms with E-state index in [0.717, 1.165) is 35.3 Å². The van der Waals surface area contributed by atoms with Crippen molar-refractivity contribution in [3.05, 3.63) is 29.8 Å². The molecule has 0 spiro atoms. The highest BCUT2D eigenvalue weighted by atomic mass is 16.5. The second-order valence-electron chi connectivity index (χ2n) is 5.55. The summed E-state index contributed by atoms with van der Waals surface area (Å²) in [6.45, 7) is 4.33. The minimum Gasteiger partial charge on any atom is -0.497 e. The van der Waals surface area contributed by atoms with Crippen LogP contribution in [0.1, 0.15) is 25.3 Å². The Hall–Kier alpha value is -1.81. The quantitative estimate of drug-likeness (QED) is 0.932. The van der Waals surface area contributed by atoms with E-state index in [1.165, 1.54) is 12.8 Å². The van der Waals surface area contributed by atoms with Gasteiger partial charge in [-0.2, -0.15) is 0 Å². The highest BCUT2D eigenvalue weighted by Crippen LogP contribution is 2.26. The molecular weight excluding hydrogens is 250 g/mol. The largest absolute Gasteiger partial charge is 0.497 e. The normalized spacial score (nSPS) is 19.6. The molecule has 1 aliphatic heterocycles. The standard InChI is InChI=1S/C16H21N3O/c1-11-4-3-7-19(11)10-13-8-12-5-6-14(20-2)9-15(12)18-16(13)17/h5-6,8-9,11H,3-4,7,10H2,1-2H3,(H2,17,18). The molecule has 2 heterocycles. The average Bonchev–Trinajstić information content (AvgIpc) is 2.84. The SMILES string of the molecule is COc1ccc2cc(CN3CCCC3C)c(N)nc2c1. The van der Waals surface area contributed by atoms with Gasteiger partial charge in [-0.1, -0.05) is 0 Å². The number of anilines is 1. The molecule has 1 saturated heterocycles. The molecule has 1 unspecified atom stereocenters. The number of likely N-dealkylation sites (tertiary alicyclic amines) is 1. The fourth-order valence-corrected chi connectivity index (χ4v) is 2.91. The van der Waals surface area contributed by atoms with Gasteiger partial charge in [0.2, 0.25) is 0 Å². The van der Waals surface area contributed by atoms with Crippen molar-refractivity contribution >= 4 is 16.7 Å². The molecule has 20 heavy (non-hydrogen) atoms. The summed E-state index contributed by atoms with van der Waals surface area (Å²) in [7, 11) is 1.66. The van der Waals surface area contributed by atoms with Gasteiger partial charge >= 0.3 is 0 Å². The fourth-order valence-electron chi connectivity index (χ4n) is 2.91. The van der Waals surface area contributed by atoms with Crippen molar-refractivity contribution in [1.29, 1.82) is 0 Å². The van der Waals surface area contributed by atoms with Gasteiger partial charge in [0.05, 0.1) is 12.6 Å². The second-order valence-corrected chi connectivity index (χ2v) is 5.55. The summed E-state index contributed by atoms with van der Waals surface area (Å²) >= 11 is 0. The third kappa shape index (κ3) is 2.43.